The van der Waals surface area contributed by atoms with Crippen molar-refractivity contribution in [2.24, 2.45) is 0 Å². The molecule has 1 aromatic heterocycles. The Hall–Kier alpha value is -2.28. The summed E-state index contributed by atoms with van der Waals surface area (Å²) in [5, 5.41) is 18.6. The van der Waals surface area contributed by atoms with Crippen molar-refractivity contribution < 1.29 is 14.6 Å². The maximum atomic E-state index is 11.4. The lowest BCUT2D eigenvalue weighted by molar-refractivity contribution is -0.297. The second-order valence-electron chi connectivity index (χ2n) is 5.45. The van der Waals surface area contributed by atoms with Gasteiger partial charge in [-0.2, -0.15) is 0 Å². The molecule has 0 aliphatic carbocycles. The fraction of sp³-hybridized carbons (Fsp3) is 0.353. The van der Waals surface area contributed by atoms with E-state index >= 15 is 0 Å². The fourth-order valence-electron chi connectivity index (χ4n) is 1.97. The van der Waals surface area contributed by atoms with E-state index in [4.69, 9.17) is 4.74 Å². The lowest BCUT2D eigenvalue weighted by atomic mass is 10.2. The first-order chi connectivity index (χ1) is 11.5. The first-order valence-electron chi connectivity index (χ1n) is 7.76. The fourth-order valence-corrected chi connectivity index (χ4v) is 2.69. The molecule has 2 rings (SSSR count). The number of aromatic nitrogens is 3. The number of thioether (sulfide) groups is 1. The topological polar surface area (TPSA) is 90.9 Å². The number of carbonyl (C=O) groups is 1. The molecule has 0 amide bonds. The van der Waals surface area contributed by atoms with E-state index in [-0.39, 0.29) is 11.0 Å². The van der Waals surface area contributed by atoms with Crippen molar-refractivity contribution in [2.75, 3.05) is 0 Å². The van der Waals surface area contributed by atoms with Crippen LogP contribution in [0.25, 0.3) is 6.08 Å². The Bertz CT molecular complexity index is 708. The normalized spacial score (nSPS) is 11.8. The quantitative estimate of drug-likeness (QED) is 0.583. The van der Waals surface area contributed by atoms with Crippen LogP contribution in [0.5, 0.6) is 5.75 Å². The molecular weight excluding hydrogens is 326 g/mol. The number of carbonyl (C=O) groups excluding carboxylic acids is 1. The Balaban J connectivity index is 2.13. The molecule has 7 heteroatoms. The maximum Gasteiger partial charge on any atom is 0.213 e. The molecule has 0 radical (unpaired) electrons. The molecule has 6 nitrogen and oxygen atoms in total. The lowest BCUT2D eigenvalue weighted by Crippen LogP contribution is -2.23. The van der Waals surface area contributed by atoms with E-state index in [0.29, 0.717) is 5.16 Å². The number of nitrogens with one attached hydrogen (secondary N) is 1. The van der Waals surface area contributed by atoms with Crippen LogP contribution in [0.1, 0.15) is 38.6 Å². The van der Waals surface area contributed by atoms with Crippen molar-refractivity contribution in [3.8, 4) is 5.75 Å². The number of nitrogens with zero attached hydrogens (tertiary/aromatic N) is 2. The highest BCUT2D eigenvalue weighted by Crippen LogP contribution is 2.26. The number of aromatic amines is 1. The van der Waals surface area contributed by atoms with Gasteiger partial charge in [-0.25, -0.2) is 4.98 Å². The SMILES string of the molecule is CCCc1nc(S/C(=C\c2ccc(OC(C)C)cc2)C(=O)[O-])n[nH]1. The minimum atomic E-state index is -1.26. The molecule has 1 N–H and O–H groups in total. The minimum Gasteiger partial charge on any atom is -0.544 e. The van der Waals surface area contributed by atoms with Crippen molar-refractivity contribution in [1.82, 2.24) is 15.2 Å². The van der Waals surface area contributed by atoms with Gasteiger partial charge in [-0.15, -0.1) is 5.10 Å². The maximum absolute atomic E-state index is 11.4. The molecule has 1 heterocycles. The van der Waals surface area contributed by atoms with Gasteiger partial charge < -0.3 is 14.6 Å². The van der Waals surface area contributed by atoms with Gasteiger partial charge in [0.15, 0.2) is 0 Å². The van der Waals surface area contributed by atoms with Gasteiger partial charge in [-0.05, 0) is 55.8 Å². The van der Waals surface area contributed by atoms with E-state index in [9.17, 15) is 9.90 Å². The predicted octanol–water partition coefficient (Wildman–Crippen LogP) is 2.43. The summed E-state index contributed by atoms with van der Waals surface area (Å²) in [5.41, 5.74) is 0.738. The molecule has 0 bridgehead atoms. The molecule has 24 heavy (non-hydrogen) atoms. The number of hydrogen-bond acceptors (Lipinski definition) is 6. The average Bonchev–Trinajstić information content (AvgIpc) is 2.95. The number of aryl methyl sites for hydroxylation is 1. The van der Waals surface area contributed by atoms with E-state index in [1.54, 1.807) is 24.3 Å². The van der Waals surface area contributed by atoms with Crippen LogP contribution < -0.4 is 9.84 Å². The molecule has 128 valence electrons. The number of hydrogen-bond donors (Lipinski definition) is 1. The van der Waals surface area contributed by atoms with Crippen LogP contribution in [0.15, 0.2) is 34.3 Å². The van der Waals surface area contributed by atoms with Crippen LogP contribution >= 0.6 is 11.8 Å². The van der Waals surface area contributed by atoms with Crippen molar-refractivity contribution in [2.45, 2.75) is 44.9 Å². The second-order valence-corrected chi connectivity index (χ2v) is 6.46. The Morgan fingerprint density at radius 1 is 1.38 bits per heavy atom. The number of carboxylic acids is 1. The summed E-state index contributed by atoms with van der Waals surface area (Å²) in [4.78, 5) is 15.7. The van der Waals surface area contributed by atoms with Gasteiger partial charge >= 0.3 is 0 Å². The van der Waals surface area contributed by atoms with Crippen LogP contribution in [0.3, 0.4) is 0 Å². The highest BCUT2D eigenvalue weighted by atomic mass is 32.2. The van der Waals surface area contributed by atoms with Crippen molar-refractivity contribution in [3.63, 3.8) is 0 Å². The van der Waals surface area contributed by atoms with E-state index in [0.717, 1.165) is 41.7 Å². The Morgan fingerprint density at radius 3 is 2.67 bits per heavy atom. The molecule has 2 aromatic rings. The number of ether oxygens (including phenoxy) is 1. The first kappa shape index (κ1) is 18.1. The summed E-state index contributed by atoms with van der Waals surface area (Å²) >= 11 is 0.968. The van der Waals surface area contributed by atoms with Crippen LogP contribution in [0.4, 0.5) is 0 Å². The number of rotatable bonds is 8. The summed E-state index contributed by atoms with van der Waals surface area (Å²) in [7, 11) is 0. The van der Waals surface area contributed by atoms with Gasteiger partial charge in [0.2, 0.25) is 5.16 Å². The Labute approximate surface area is 145 Å². The number of benzene rings is 1. The van der Waals surface area contributed by atoms with Crippen LogP contribution in [0.2, 0.25) is 0 Å². The second kappa shape index (κ2) is 8.54. The molecule has 0 saturated heterocycles. The zero-order valence-corrected chi connectivity index (χ0v) is 14.7. The molecule has 0 saturated carbocycles. The predicted molar refractivity (Wildman–Crippen MR) is 91.4 cm³/mol. The van der Waals surface area contributed by atoms with Gasteiger partial charge in [0, 0.05) is 11.3 Å². The standard InChI is InChI=1S/C17H21N3O3S/c1-4-5-15-18-17(20-19-15)24-14(16(21)22)10-12-6-8-13(9-7-12)23-11(2)3/h6-11H,4-5H2,1-3H3,(H,21,22)(H,18,19,20)/p-1/b14-10-. The molecule has 0 spiro atoms. The third-order valence-electron chi connectivity index (χ3n) is 2.95. The Morgan fingerprint density at radius 2 is 2.08 bits per heavy atom. The molecule has 0 atom stereocenters. The van der Waals surface area contributed by atoms with Gasteiger partial charge in [-0.1, -0.05) is 19.1 Å². The molecule has 0 aliphatic rings. The molecular formula is C17H20N3O3S-. The zero-order chi connectivity index (χ0) is 17.5. The Kier molecular flexibility index (Phi) is 6.43. The third-order valence-corrected chi connectivity index (χ3v) is 3.82. The van der Waals surface area contributed by atoms with E-state index < -0.39 is 5.97 Å². The van der Waals surface area contributed by atoms with Crippen molar-refractivity contribution in [1.29, 1.82) is 0 Å². The van der Waals surface area contributed by atoms with Gasteiger partial charge in [0.05, 0.1) is 12.1 Å². The van der Waals surface area contributed by atoms with Gasteiger partial charge in [-0.3, -0.25) is 5.10 Å². The molecule has 0 fully saturated rings. The third kappa shape index (κ3) is 5.42. The van der Waals surface area contributed by atoms with E-state index in [1.165, 1.54) is 6.08 Å². The summed E-state index contributed by atoms with van der Waals surface area (Å²) in [6.07, 6.45) is 3.33. The van der Waals surface area contributed by atoms with Gasteiger partial charge in [0.1, 0.15) is 11.6 Å². The smallest absolute Gasteiger partial charge is 0.213 e. The largest absolute Gasteiger partial charge is 0.544 e. The lowest BCUT2D eigenvalue weighted by Gasteiger charge is -2.10. The highest BCUT2D eigenvalue weighted by molar-refractivity contribution is 8.04. The van der Waals surface area contributed by atoms with Gasteiger partial charge in [0.25, 0.3) is 0 Å². The number of H-pyrrole nitrogens is 1. The first-order valence-corrected chi connectivity index (χ1v) is 8.58. The van der Waals surface area contributed by atoms with E-state index in [1.807, 2.05) is 20.8 Å². The van der Waals surface area contributed by atoms with Crippen molar-refractivity contribution >= 4 is 23.8 Å². The zero-order valence-electron chi connectivity index (χ0n) is 13.9. The van der Waals surface area contributed by atoms with Crippen LogP contribution in [-0.4, -0.2) is 27.3 Å². The van der Waals surface area contributed by atoms with Crippen LogP contribution in [0, 0.1) is 0 Å². The molecule has 1 aromatic carbocycles. The van der Waals surface area contributed by atoms with Crippen molar-refractivity contribution in [3.05, 3.63) is 40.6 Å². The summed E-state index contributed by atoms with van der Waals surface area (Å²) in [6, 6.07) is 7.19. The molecule has 0 unspecified atom stereocenters. The van der Waals surface area contributed by atoms with Crippen LogP contribution in [-0.2, 0) is 11.2 Å². The molecule has 0 aliphatic heterocycles. The minimum absolute atomic E-state index is 0.0505. The number of carboxylic acid groups (broad SMARTS) is 1. The average molecular weight is 346 g/mol. The summed E-state index contributed by atoms with van der Waals surface area (Å²) in [5.74, 6) is 0.222. The number of aliphatic carboxylic acids is 1. The monoisotopic (exact) mass is 346 g/mol. The summed E-state index contributed by atoms with van der Waals surface area (Å²) in [6.45, 7) is 5.93. The highest BCUT2D eigenvalue weighted by Gasteiger charge is 2.08. The summed E-state index contributed by atoms with van der Waals surface area (Å²) < 4.78 is 5.56. The van der Waals surface area contributed by atoms with E-state index in [2.05, 4.69) is 15.2 Å².